The molecule has 3 unspecified atom stereocenters. The summed E-state index contributed by atoms with van der Waals surface area (Å²) in [6.07, 6.45) is 0.672. The Morgan fingerprint density at radius 2 is 2.03 bits per heavy atom. The van der Waals surface area contributed by atoms with Crippen LogP contribution >= 0.6 is 11.6 Å². The molecule has 3 atom stereocenters. The molecular weight excluding hydrogens is 391 g/mol. The van der Waals surface area contributed by atoms with Gasteiger partial charge in [-0.25, -0.2) is 4.39 Å². The number of amides is 2. The van der Waals surface area contributed by atoms with Crippen LogP contribution in [0.25, 0.3) is 0 Å². The number of benzene rings is 2. The summed E-state index contributed by atoms with van der Waals surface area (Å²) in [6.45, 7) is 7.96. The number of aryl methyl sites for hydroxylation is 1. The minimum Gasteiger partial charge on any atom is -0.348 e. The lowest BCUT2D eigenvalue weighted by Crippen LogP contribution is -2.62. The molecule has 1 saturated heterocycles. The first-order valence-electron chi connectivity index (χ1n) is 9.63. The van der Waals surface area contributed by atoms with E-state index in [1.165, 1.54) is 12.1 Å². The molecule has 2 aliphatic heterocycles. The molecule has 4 rings (SSSR count). The van der Waals surface area contributed by atoms with Crippen LogP contribution in [0.3, 0.4) is 0 Å². The van der Waals surface area contributed by atoms with Crippen molar-refractivity contribution in [3.05, 3.63) is 76.1 Å². The van der Waals surface area contributed by atoms with Crippen LogP contribution in [0.5, 0.6) is 0 Å². The van der Waals surface area contributed by atoms with Crippen LogP contribution in [-0.4, -0.2) is 17.9 Å². The van der Waals surface area contributed by atoms with Crippen molar-refractivity contribution in [1.29, 1.82) is 0 Å². The molecule has 2 aliphatic rings. The highest BCUT2D eigenvalue weighted by atomic mass is 35.5. The van der Waals surface area contributed by atoms with Crippen molar-refractivity contribution < 1.29 is 14.0 Å². The highest BCUT2D eigenvalue weighted by molar-refractivity contribution is 6.31. The first-order chi connectivity index (χ1) is 13.8. The van der Waals surface area contributed by atoms with Gasteiger partial charge in [0.05, 0.1) is 6.04 Å². The molecule has 0 saturated carbocycles. The number of piperidine rings is 1. The van der Waals surface area contributed by atoms with E-state index in [0.29, 0.717) is 22.7 Å². The summed E-state index contributed by atoms with van der Waals surface area (Å²) >= 11 is 6.16. The molecule has 2 heterocycles. The van der Waals surface area contributed by atoms with Gasteiger partial charge in [0.1, 0.15) is 11.2 Å². The molecule has 1 fully saturated rings. The van der Waals surface area contributed by atoms with Crippen LogP contribution in [0.1, 0.15) is 42.4 Å². The van der Waals surface area contributed by atoms with Gasteiger partial charge in [-0.2, -0.15) is 0 Å². The van der Waals surface area contributed by atoms with Gasteiger partial charge in [-0.15, -0.1) is 0 Å². The van der Waals surface area contributed by atoms with E-state index < -0.39 is 23.2 Å². The van der Waals surface area contributed by atoms with Crippen LogP contribution in [0.2, 0.25) is 5.02 Å². The van der Waals surface area contributed by atoms with Gasteiger partial charge in [-0.1, -0.05) is 42.8 Å². The van der Waals surface area contributed by atoms with Crippen molar-refractivity contribution in [2.24, 2.45) is 0 Å². The largest absolute Gasteiger partial charge is 0.348 e. The topological polar surface area (TPSA) is 58.2 Å². The highest BCUT2D eigenvalue weighted by Crippen LogP contribution is 2.55. The number of carbonyl (C=O) groups is 2. The third-order valence-electron chi connectivity index (χ3n) is 6.23. The number of halogens is 2. The Labute approximate surface area is 174 Å². The monoisotopic (exact) mass is 412 g/mol. The Morgan fingerprint density at radius 3 is 2.76 bits per heavy atom. The fourth-order valence-electron chi connectivity index (χ4n) is 4.81. The molecule has 2 aromatic rings. The molecule has 2 N–H and O–H groups in total. The minimum atomic E-state index is -1.13. The summed E-state index contributed by atoms with van der Waals surface area (Å²) in [7, 11) is 0. The van der Waals surface area contributed by atoms with Gasteiger partial charge in [0.25, 0.3) is 0 Å². The standard InChI is InChI=1S/C23H22ClFN2O2/c1-4-12(2)21-23(17-8-6-14(24)9-19(17)26-22(23)29)18(11-20(28)27-21)16-10-15(25)7-5-13(16)3/h5-10,18,21H,2,4,11H2,1,3H3,(H,26,29)(H,27,28). The normalized spacial score (nSPS) is 25.5. The molecule has 1 spiro atoms. The molecule has 150 valence electrons. The average molecular weight is 413 g/mol. The van der Waals surface area contributed by atoms with E-state index in [-0.39, 0.29) is 18.2 Å². The number of carbonyl (C=O) groups excluding carboxylic acids is 2. The lowest BCUT2D eigenvalue weighted by Gasteiger charge is -2.47. The van der Waals surface area contributed by atoms with Gasteiger partial charge in [0.2, 0.25) is 11.8 Å². The summed E-state index contributed by atoms with van der Waals surface area (Å²) in [5.41, 5.74) is 2.48. The molecule has 2 aromatic carbocycles. The van der Waals surface area contributed by atoms with Crippen molar-refractivity contribution in [1.82, 2.24) is 5.32 Å². The van der Waals surface area contributed by atoms with E-state index in [2.05, 4.69) is 17.2 Å². The Hall–Kier alpha value is -2.66. The van der Waals surface area contributed by atoms with E-state index >= 15 is 0 Å². The Bertz CT molecular complexity index is 1050. The molecule has 0 aliphatic carbocycles. The molecule has 0 aromatic heterocycles. The molecule has 6 heteroatoms. The predicted molar refractivity (Wildman–Crippen MR) is 112 cm³/mol. The molecule has 0 radical (unpaired) electrons. The van der Waals surface area contributed by atoms with Crippen LogP contribution < -0.4 is 10.6 Å². The van der Waals surface area contributed by atoms with Crippen LogP contribution in [0.4, 0.5) is 10.1 Å². The van der Waals surface area contributed by atoms with E-state index in [1.807, 2.05) is 19.9 Å². The second-order valence-electron chi connectivity index (χ2n) is 7.78. The minimum absolute atomic E-state index is 0.0767. The average Bonchev–Trinajstić information content (AvgIpc) is 2.96. The SMILES string of the molecule is C=C(CC)C1NC(=O)CC(c2cc(F)ccc2C)C12C(=O)Nc1cc(Cl)ccc12. The highest BCUT2D eigenvalue weighted by Gasteiger charge is 2.61. The Kier molecular flexibility index (Phi) is 4.74. The third kappa shape index (κ3) is 2.87. The summed E-state index contributed by atoms with van der Waals surface area (Å²) in [4.78, 5) is 26.3. The molecule has 0 bridgehead atoms. The number of hydrogen-bond acceptors (Lipinski definition) is 2. The maximum absolute atomic E-state index is 14.2. The maximum atomic E-state index is 14.2. The number of hydrogen-bond donors (Lipinski definition) is 2. The Morgan fingerprint density at radius 1 is 1.28 bits per heavy atom. The van der Waals surface area contributed by atoms with Crippen molar-refractivity contribution in [3.8, 4) is 0 Å². The van der Waals surface area contributed by atoms with Gasteiger partial charge in [0, 0.05) is 23.0 Å². The lowest BCUT2D eigenvalue weighted by molar-refractivity contribution is -0.130. The van der Waals surface area contributed by atoms with Gasteiger partial charge < -0.3 is 10.6 Å². The first kappa shape index (κ1) is 19.6. The zero-order valence-corrected chi connectivity index (χ0v) is 17.1. The van der Waals surface area contributed by atoms with E-state index in [0.717, 1.165) is 16.7 Å². The van der Waals surface area contributed by atoms with Crippen molar-refractivity contribution in [3.63, 3.8) is 0 Å². The smallest absolute Gasteiger partial charge is 0.238 e. The number of rotatable bonds is 3. The van der Waals surface area contributed by atoms with Crippen molar-refractivity contribution in [2.75, 3.05) is 5.32 Å². The molecule has 2 amide bonds. The van der Waals surface area contributed by atoms with Gasteiger partial charge >= 0.3 is 0 Å². The van der Waals surface area contributed by atoms with Gasteiger partial charge in [0.15, 0.2) is 0 Å². The fraction of sp³-hybridized carbons (Fsp3) is 0.304. The predicted octanol–water partition coefficient (Wildman–Crippen LogP) is 4.62. The number of anilines is 1. The summed E-state index contributed by atoms with van der Waals surface area (Å²) < 4.78 is 14.2. The first-order valence-corrected chi connectivity index (χ1v) is 10.0. The van der Waals surface area contributed by atoms with E-state index in [4.69, 9.17) is 11.6 Å². The number of nitrogens with one attached hydrogen (secondary N) is 2. The second-order valence-corrected chi connectivity index (χ2v) is 8.22. The molecular formula is C23H22ClFN2O2. The lowest BCUT2D eigenvalue weighted by atomic mass is 9.58. The summed E-state index contributed by atoms with van der Waals surface area (Å²) in [5, 5.41) is 6.45. The summed E-state index contributed by atoms with van der Waals surface area (Å²) in [5.74, 6) is -1.35. The quantitative estimate of drug-likeness (QED) is 0.723. The maximum Gasteiger partial charge on any atom is 0.238 e. The zero-order valence-electron chi connectivity index (χ0n) is 16.3. The van der Waals surface area contributed by atoms with E-state index in [9.17, 15) is 14.0 Å². The van der Waals surface area contributed by atoms with Gasteiger partial charge in [-0.3, -0.25) is 9.59 Å². The fourth-order valence-corrected chi connectivity index (χ4v) is 4.98. The van der Waals surface area contributed by atoms with Crippen LogP contribution in [-0.2, 0) is 15.0 Å². The van der Waals surface area contributed by atoms with Crippen LogP contribution in [0.15, 0.2) is 48.6 Å². The van der Waals surface area contributed by atoms with Crippen molar-refractivity contribution in [2.45, 2.75) is 44.1 Å². The third-order valence-corrected chi connectivity index (χ3v) is 6.47. The second kappa shape index (κ2) is 6.99. The zero-order chi connectivity index (χ0) is 20.9. The van der Waals surface area contributed by atoms with E-state index in [1.54, 1.807) is 18.2 Å². The molecule has 29 heavy (non-hydrogen) atoms. The van der Waals surface area contributed by atoms with Crippen molar-refractivity contribution >= 4 is 29.1 Å². The Balaban J connectivity index is 2.04. The van der Waals surface area contributed by atoms with Gasteiger partial charge in [-0.05, 0) is 54.3 Å². The van der Waals surface area contributed by atoms with Crippen LogP contribution in [0, 0.1) is 12.7 Å². The number of fused-ring (bicyclic) bond motifs is 2. The molecule has 4 nitrogen and oxygen atoms in total. The summed E-state index contributed by atoms with van der Waals surface area (Å²) in [6, 6.07) is 9.17.